The van der Waals surface area contributed by atoms with Crippen LogP contribution in [0.3, 0.4) is 0 Å². The topological polar surface area (TPSA) is 86.3 Å². The molecule has 0 amide bonds. The number of rotatable bonds is 5. The number of aromatic amines is 1. The highest BCUT2D eigenvalue weighted by atomic mass is 32.2. The molecule has 1 saturated carbocycles. The molecule has 0 aromatic carbocycles. The van der Waals surface area contributed by atoms with Crippen LogP contribution in [0.1, 0.15) is 24.2 Å². The molecule has 1 heterocycles. The monoisotopic (exact) mass is 259 g/mol. The van der Waals surface area contributed by atoms with Crippen LogP contribution in [0.2, 0.25) is 0 Å². The molecule has 2 rings (SSSR count). The van der Waals surface area contributed by atoms with Crippen molar-refractivity contribution >= 4 is 10.0 Å². The third kappa shape index (κ3) is 2.22. The Balaban J connectivity index is 2.40. The van der Waals surface area contributed by atoms with Gasteiger partial charge < -0.3 is 5.11 Å². The second kappa shape index (κ2) is 4.40. The van der Waals surface area contributed by atoms with Gasteiger partial charge in [0, 0.05) is 12.6 Å². The molecule has 0 unspecified atom stereocenters. The lowest BCUT2D eigenvalue weighted by atomic mass is 10.4. The Labute approximate surface area is 101 Å². The van der Waals surface area contributed by atoms with E-state index in [0.717, 1.165) is 12.8 Å². The number of aliphatic hydroxyl groups is 1. The highest BCUT2D eigenvalue weighted by Crippen LogP contribution is 2.33. The van der Waals surface area contributed by atoms with Gasteiger partial charge in [-0.1, -0.05) is 0 Å². The van der Waals surface area contributed by atoms with Crippen LogP contribution >= 0.6 is 0 Å². The van der Waals surface area contributed by atoms with Crippen LogP contribution in [-0.2, 0) is 10.0 Å². The van der Waals surface area contributed by atoms with E-state index in [1.165, 1.54) is 4.31 Å². The summed E-state index contributed by atoms with van der Waals surface area (Å²) in [5.41, 5.74) is 1.03. The van der Waals surface area contributed by atoms with E-state index >= 15 is 0 Å². The summed E-state index contributed by atoms with van der Waals surface area (Å²) in [7, 11) is -3.54. The summed E-state index contributed by atoms with van der Waals surface area (Å²) < 4.78 is 26.3. The quantitative estimate of drug-likeness (QED) is 0.789. The predicted molar refractivity (Wildman–Crippen MR) is 62.1 cm³/mol. The lowest BCUT2D eigenvalue weighted by Crippen LogP contribution is -2.36. The maximum absolute atomic E-state index is 12.5. The second-order valence-corrected chi connectivity index (χ2v) is 6.16. The summed E-state index contributed by atoms with van der Waals surface area (Å²) in [5.74, 6) is 0. The summed E-state index contributed by atoms with van der Waals surface area (Å²) in [6.45, 7) is 3.35. The number of aliphatic hydroxyl groups excluding tert-OH is 1. The van der Waals surface area contributed by atoms with Crippen LogP contribution in [0.5, 0.6) is 0 Å². The van der Waals surface area contributed by atoms with Gasteiger partial charge in [0.05, 0.1) is 18.0 Å². The number of hydrogen-bond acceptors (Lipinski definition) is 4. The van der Waals surface area contributed by atoms with E-state index in [1.54, 1.807) is 13.8 Å². The molecular formula is C10H17N3O3S. The fourth-order valence-electron chi connectivity index (χ4n) is 2.00. The van der Waals surface area contributed by atoms with E-state index in [0.29, 0.717) is 11.4 Å². The van der Waals surface area contributed by atoms with Crippen LogP contribution in [0.15, 0.2) is 4.90 Å². The van der Waals surface area contributed by atoms with E-state index in [9.17, 15) is 8.42 Å². The van der Waals surface area contributed by atoms with Gasteiger partial charge in [0.1, 0.15) is 4.90 Å². The third-order valence-electron chi connectivity index (χ3n) is 2.90. The molecular weight excluding hydrogens is 242 g/mol. The fraction of sp³-hybridized carbons (Fsp3) is 0.700. The van der Waals surface area contributed by atoms with Crippen molar-refractivity contribution in [3.05, 3.63) is 11.4 Å². The molecule has 17 heavy (non-hydrogen) atoms. The van der Waals surface area contributed by atoms with Gasteiger partial charge in [0.2, 0.25) is 10.0 Å². The maximum atomic E-state index is 12.5. The first kappa shape index (κ1) is 12.5. The molecule has 1 aliphatic rings. The predicted octanol–water partition coefficient (Wildman–Crippen LogP) is 0.172. The highest BCUT2D eigenvalue weighted by molar-refractivity contribution is 7.89. The first-order valence-electron chi connectivity index (χ1n) is 5.62. The van der Waals surface area contributed by atoms with Gasteiger partial charge in [-0.05, 0) is 26.7 Å². The molecule has 0 saturated heterocycles. The molecule has 0 atom stereocenters. The molecule has 1 aromatic rings. The van der Waals surface area contributed by atoms with Crippen molar-refractivity contribution in [2.24, 2.45) is 0 Å². The van der Waals surface area contributed by atoms with Crippen LogP contribution in [0.4, 0.5) is 0 Å². The van der Waals surface area contributed by atoms with Crippen LogP contribution in [-0.4, -0.2) is 47.2 Å². The number of nitrogens with one attached hydrogen (secondary N) is 1. The van der Waals surface area contributed by atoms with Gasteiger partial charge in [-0.2, -0.15) is 9.40 Å². The zero-order chi connectivity index (χ0) is 12.6. The molecule has 0 radical (unpaired) electrons. The maximum Gasteiger partial charge on any atom is 0.247 e. The van der Waals surface area contributed by atoms with Crippen molar-refractivity contribution in [1.29, 1.82) is 0 Å². The van der Waals surface area contributed by atoms with Crippen molar-refractivity contribution in [2.75, 3.05) is 13.2 Å². The van der Waals surface area contributed by atoms with Crippen LogP contribution in [0.25, 0.3) is 0 Å². The minimum atomic E-state index is -3.54. The Hall–Kier alpha value is -0.920. The zero-order valence-corrected chi connectivity index (χ0v) is 10.8. The Kier molecular flexibility index (Phi) is 3.24. The smallest absolute Gasteiger partial charge is 0.247 e. The van der Waals surface area contributed by atoms with E-state index in [-0.39, 0.29) is 24.1 Å². The molecule has 1 aromatic heterocycles. The van der Waals surface area contributed by atoms with Crippen molar-refractivity contribution in [3.8, 4) is 0 Å². The number of sulfonamides is 1. The molecule has 1 aliphatic carbocycles. The molecule has 0 bridgehead atoms. The standard InChI is InChI=1S/C10H17N3O3S/c1-7-10(8(2)12-11-7)17(15,16)13(5-6-14)9-3-4-9/h9,14H,3-6H2,1-2H3,(H,11,12). The zero-order valence-electron chi connectivity index (χ0n) is 9.97. The molecule has 1 fully saturated rings. The summed E-state index contributed by atoms with van der Waals surface area (Å²) in [6, 6.07) is 0.0425. The van der Waals surface area contributed by atoms with E-state index < -0.39 is 10.0 Å². The average molecular weight is 259 g/mol. The number of hydrogen-bond donors (Lipinski definition) is 2. The van der Waals surface area contributed by atoms with Gasteiger partial charge in [0.25, 0.3) is 0 Å². The molecule has 2 N–H and O–H groups in total. The Morgan fingerprint density at radius 3 is 2.53 bits per heavy atom. The summed E-state index contributed by atoms with van der Waals surface area (Å²) in [4.78, 5) is 0.248. The molecule has 7 heteroatoms. The molecule has 96 valence electrons. The largest absolute Gasteiger partial charge is 0.395 e. The first-order chi connectivity index (χ1) is 7.98. The van der Waals surface area contributed by atoms with E-state index in [4.69, 9.17) is 5.11 Å². The number of aromatic nitrogens is 2. The molecule has 6 nitrogen and oxygen atoms in total. The highest BCUT2D eigenvalue weighted by Gasteiger charge is 2.39. The normalized spacial score (nSPS) is 16.7. The molecule has 0 spiro atoms. The van der Waals surface area contributed by atoms with E-state index in [1.807, 2.05) is 0 Å². The van der Waals surface area contributed by atoms with Gasteiger partial charge in [0.15, 0.2) is 0 Å². The lowest BCUT2D eigenvalue weighted by Gasteiger charge is -2.20. The van der Waals surface area contributed by atoms with Crippen molar-refractivity contribution < 1.29 is 13.5 Å². The summed E-state index contributed by atoms with van der Waals surface area (Å²) in [5, 5.41) is 15.6. The Morgan fingerprint density at radius 2 is 2.12 bits per heavy atom. The number of aryl methyl sites for hydroxylation is 2. The number of nitrogens with zero attached hydrogens (tertiary/aromatic N) is 2. The van der Waals surface area contributed by atoms with Gasteiger partial charge in [-0.3, -0.25) is 5.10 Å². The van der Waals surface area contributed by atoms with Crippen molar-refractivity contribution in [1.82, 2.24) is 14.5 Å². The van der Waals surface area contributed by atoms with Crippen LogP contribution in [0, 0.1) is 13.8 Å². The number of H-pyrrole nitrogens is 1. The average Bonchev–Trinajstić information content (AvgIpc) is 3.01. The first-order valence-corrected chi connectivity index (χ1v) is 7.06. The Bertz CT molecular complexity index is 485. The van der Waals surface area contributed by atoms with Gasteiger partial charge in [-0.15, -0.1) is 0 Å². The second-order valence-electron chi connectivity index (χ2n) is 4.33. The van der Waals surface area contributed by atoms with Gasteiger partial charge in [-0.25, -0.2) is 8.42 Å². The SMILES string of the molecule is Cc1n[nH]c(C)c1S(=O)(=O)N(CCO)C1CC1. The Morgan fingerprint density at radius 1 is 1.47 bits per heavy atom. The van der Waals surface area contributed by atoms with Crippen molar-refractivity contribution in [3.63, 3.8) is 0 Å². The summed E-state index contributed by atoms with van der Waals surface area (Å²) in [6.07, 6.45) is 1.74. The third-order valence-corrected chi connectivity index (χ3v) is 5.12. The minimum absolute atomic E-state index is 0.0425. The van der Waals surface area contributed by atoms with Crippen molar-refractivity contribution in [2.45, 2.75) is 37.6 Å². The molecule has 0 aliphatic heterocycles. The van der Waals surface area contributed by atoms with Crippen LogP contribution < -0.4 is 0 Å². The summed E-state index contributed by atoms with van der Waals surface area (Å²) >= 11 is 0. The minimum Gasteiger partial charge on any atom is -0.395 e. The fourth-order valence-corrected chi connectivity index (χ4v) is 4.01. The van der Waals surface area contributed by atoms with E-state index in [2.05, 4.69) is 10.2 Å². The van der Waals surface area contributed by atoms with Gasteiger partial charge >= 0.3 is 0 Å². The lowest BCUT2D eigenvalue weighted by molar-refractivity contribution is 0.250.